The van der Waals surface area contributed by atoms with Crippen molar-refractivity contribution >= 4 is 51.4 Å². The minimum Gasteiger partial charge on any atom is -0.382 e. The number of nitrogens with two attached hydrogens (primary N) is 1. The maximum atomic E-state index is 13.1. The first-order chi connectivity index (χ1) is 13.9. The van der Waals surface area contributed by atoms with Crippen LogP contribution in [0.3, 0.4) is 0 Å². The lowest BCUT2D eigenvalue weighted by atomic mass is 10.0. The van der Waals surface area contributed by atoms with E-state index in [0.29, 0.717) is 48.4 Å². The molecular formula is C19H21ClN6O2S. The highest BCUT2D eigenvalue weighted by Crippen LogP contribution is 2.44. The lowest BCUT2D eigenvalue weighted by Crippen LogP contribution is -2.38. The van der Waals surface area contributed by atoms with Gasteiger partial charge in [-0.15, -0.1) is 11.3 Å². The van der Waals surface area contributed by atoms with Crippen LogP contribution >= 0.6 is 22.9 Å². The smallest absolute Gasteiger partial charge is 0.257 e. The maximum Gasteiger partial charge on any atom is 0.257 e. The first-order valence-electron chi connectivity index (χ1n) is 9.65. The van der Waals surface area contributed by atoms with E-state index >= 15 is 0 Å². The zero-order chi connectivity index (χ0) is 20.3. The van der Waals surface area contributed by atoms with Gasteiger partial charge in [-0.25, -0.2) is 9.97 Å². The van der Waals surface area contributed by atoms with Gasteiger partial charge in [0.15, 0.2) is 5.82 Å². The van der Waals surface area contributed by atoms with Gasteiger partial charge in [-0.05, 0) is 30.7 Å². The average Bonchev–Trinajstić information content (AvgIpc) is 3.46. The van der Waals surface area contributed by atoms with Gasteiger partial charge in [0.2, 0.25) is 5.91 Å². The minimum atomic E-state index is -0.0677. The topological polar surface area (TPSA) is 95.7 Å². The number of aromatic nitrogens is 2. The number of rotatable bonds is 3. The summed E-state index contributed by atoms with van der Waals surface area (Å²) in [6.45, 7) is 2.07. The normalized spacial score (nSPS) is 19.3. The molecule has 1 saturated carbocycles. The summed E-state index contributed by atoms with van der Waals surface area (Å²) < 4.78 is 0. The molecule has 10 heteroatoms. The molecule has 0 aromatic carbocycles. The van der Waals surface area contributed by atoms with Crippen LogP contribution in [0.15, 0.2) is 6.33 Å². The lowest BCUT2D eigenvalue weighted by Gasteiger charge is -2.29. The molecular weight excluding hydrogens is 412 g/mol. The number of nitrogen functional groups attached to an aromatic ring is 1. The van der Waals surface area contributed by atoms with E-state index in [1.807, 2.05) is 4.90 Å². The first-order valence-corrected chi connectivity index (χ1v) is 10.8. The first kappa shape index (κ1) is 18.6. The van der Waals surface area contributed by atoms with Crippen molar-refractivity contribution in [1.29, 1.82) is 0 Å². The molecule has 1 aliphatic carbocycles. The van der Waals surface area contributed by atoms with Crippen LogP contribution in [-0.4, -0.2) is 53.4 Å². The fourth-order valence-corrected chi connectivity index (χ4v) is 5.58. The van der Waals surface area contributed by atoms with Crippen molar-refractivity contribution in [1.82, 2.24) is 14.9 Å². The van der Waals surface area contributed by atoms with Gasteiger partial charge >= 0.3 is 0 Å². The fraction of sp³-hybridized carbons (Fsp3) is 0.474. The molecule has 0 saturated heterocycles. The largest absolute Gasteiger partial charge is 0.382 e. The molecule has 0 atom stereocenters. The summed E-state index contributed by atoms with van der Waals surface area (Å²) in [7, 11) is 1.70. The molecule has 3 aliphatic rings. The number of amides is 2. The number of thiophene rings is 1. The molecule has 0 bridgehead atoms. The fourth-order valence-electron chi connectivity index (χ4n) is 3.98. The minimum absolute atomic E-state index is 0.00595. The SMILES string of the molecule is CN1CC(=O)N(CC2CC2)c2sc3c(c2C1=O)CCN(c1ncnc(N)c1Cl)C3. The van der Waals surface area contributed by atoms with Gasteiger partial charge in [0.05, 0.1) is 12.1 Å². The van der Waals surface area contributed by atoms with Crippen molar-refractivity contribution < 1.29 is 9.59 Å². The van der Waals surface area contributed by atoms with Crippen molar-refractivity contribution in [2.75, 3.05) is 42.2 Å². The van der Waals surface area contributed by atoms with Crippen LogP contribution in [0, 0.1) is 5.92 Å². The van der Waals surface area contributed by atoms with Crippen LogP contribution in [0.1, 0.15) is 33.6 Å². The number of carbonyl (C=O) groups is 2. The molecule has 4 heterocycles. The molecule has 2 aromatic heterocycles. The highest BCUT2D eigenvalue weighted by Gasteiger charge is 2.39. The van der Waals surface area contributed by atoms with Gasteiger partial charge in [0.1, 0.15) is 28.7 Å². The number of nitrogens with zero attached hydrogens (tertiary/aromatic N) is 5. The molecule has 0 unspecified atom stereocenters. The zero-order valence-electron chi connectivity index (χ0n) is 16.0. The van der Waals surface area contributed by atoms with Gasteiger partial charge in [0.25, 0.3) is 5.91 Å². The van der Waals surface area contributed by atoms with Crippen LogP contribution < -0.4 is 15.5 Å². The predicted molar refractivity (Wildman–Crippen MR) is 113 cm³/mol. The van der Waals surface area contributed by atoms with Crippen molar-refractivity contribution in [2.45, 2.75) is 25.8 Å². The summed E-state index contributed by atoms with van der Waals surface area (Å²) >= 11 is 7.87. The van der Waals surface area contributed by atoms with Gasteiger partial charge in [0, 0.05) is 25.0 Å². The van der Waals surface area contributed by atoms with E-state index < -0.39 is 0 Å². The Labute approximate surface area is 177 Å². The quantitative estimate of drug-likeness (QED) is 0.798. The van der Waals surface area contributed by atoms with E-state index in [-0.39, 0.29) is 24.2 Å². The highest BCUT2D eigenvalue weighted by molar-refractivity contribution is 7.17. The van der Waals surface area contributed by atoms with E-state index in [0.717, 1.165) is 28.3 Å². The molecule has 5 rings (SSSR count). The third kappa shape index (κ3) is 3.12. The monoisotopic (exact) mass is 432 g/mol. The number of carbonyl (C=O) groups excluding carboxylic acids is 2. The molecule has 2 N–H and O–H groups in total. The Kier molecular flexibility index (Phi) is 4.40. The van der Waals surface area contributed by atoms with Crippen molar-refractivity contribution in [3.05, 3.63) is 27.4 Å². The Hall–Kier alpha value is -2.39. The predicted octanol–water partition coefficient (Wildman–Crippen LogP) is 2.17. The maximum absolute atomic E-state index is 13.1. The summed E-state index contributed by atoms with van der Waals surface area (Å²) in [5, 5.41) is 1.15. The Morgan fingerprint density at radius 2 is 2.07 bits per heavy atom. The number of fused-ring (bicyclic) bond motifs is 3. The molecule has 0 radical (unpaired) electrons. The third-order valence-corrected chi connectivity index (χ3v) is 7.36. The summed E-state index contributed by atoms with van der Waals surface area (Å²) in [6.07, 6.45) is 4.39. The standard InChI is InChI=1S/C19H21ClN6O2S/c1-24-8-13(27)26(6-10-2-3-10)19-14(18(24)28)11-4-5-25(7-12(11)29-19)17-15(20)16(21)22-9-23-17/h9-10H,2-8H2,1H3,(H2,21,22,23). The van der Waals surface area contributed by atoms with E-state index in [9.17, 15) is 9.59 Å². The molecule has 0 spiro atoms. The summed E-state index contributed by atoms with van der Waals surface area (Å²) in [4.78, 5) is 40.7. The van der Waals surface area contributed by atoms with Gasteiger partial charge in [-0.3, -0.25) is 9.59 Å². The highest BCUT2D eigenvalue weighted by atomic mass is 35.5. The molecule has 29 heavy (non-hydrogen) atoms. The second-order valence-electron chi connectivity index (χ2n) is 7.86. The number of anilines is 3. The van der Waals surface area contributed by atoms with E-state index in [1.165, 1.54) is 11.2 Å². The summed E-state index contributed by atoms with van der Waals surface area (Å²) in [5.41, 5.74) is 7.59. The van der Waals surface area contributed by atoms with Gasteiger partial charge < -0.3 is 20.4 Å². The summed E-state index contributed by atoms with van der Waals surface area (Å²) in [6, 6.07) is 0. The van der Waals surface area contributed by atoms with Crippen LogP contribution in [0.4, 0.5) is 16.6 Å². The van der Waals surface area contributed by atoms with E-state index in [2.05, 4.69) is 14.9 Å². The molecule has 2 aliphatic heterocycles. The summed E-state index contributed by atoms with van der Waals surface area (Å²) in [5.74, 6) is 1.32. The lowest BCUT2D eigenvalue weighted by molar-refractivity contribution is -0.119. The van der Waals surface area contributed by atoms with Crippen LogP contribution in [0.5, 0.6) is 0 Å². The second-order valence-corrected chi connectivity index (χ2v) is 9.32. The van der Waals surface area contributed by atoms with Crippen LogP contribution in [-0.2, 0) is 17.8 Å². The average molecular weight is 433 g/mol. The molecule has 152 valence electrons. The number of hydrogen-bond acceptors (Lipinski definition) is 7. The van der Waals surface area contributed by atoms with Gasteiger partial charge in [-0.1, -0.05) is 11.6 Å². The Bertz CT molecular complexity index is 1020. The Morgan fingerprint density at radius 1 is 1.28 bits per heavy atom. The van der Waals surface area contributed by atoms with Crippen molar-refractivity contribution in [3.63, 3.8) is 0 Å². The second kappa shape index (κ2) is 6.84. The Morgan fingerprint density at radius 3 is 2.83 bits per heavy atom. The molecule has 2 amide bonds. The van der Waals surface area contributed by atoms with Gasteiger partial charge in [-0.2, -0.15) is 0 Å². The van der Waals surface area contributed by atoms with Crippen molar-refractivity contribution in [2.24, 2.45) is 5.92 Å². The molecule has 1 fully saturated rings. The Balaban J connectivity index is 1.55. The van der Waals surface area contributed by atoms with Crippen LogP contribution in [0.25, 0.3) is 0 Å². The van der Waals surface area contributed by atoms with Crippen LogP contribution in [0.2, 0.25) is 5.02 Å². The number of halogens is 1. The zero-order valence-corrected chi connectivity index (χ0v) is 17.6. The molecule has 8 nitrogen and oxygen atoms in total. The molecule has 2 aromatic rings. The number of likely N-dealkylation sites (N-methyl/N-ethyl adjacent to an activating group) is 1. The van der Waals surface area contributed by atoms with E-state index in [1.54, 1.807) is 18.4 Å². The third-order valence-electron chi connectivity index (χ3n) is 5.75. The van der Waals surface area contributed by atoms with E-state index in [4.69, 9.17) is 17.3 Å². The van der Waals surface area contributed by atoms with Crippen molar-refractivity contribution in [3.8, 4) is 0 Å². The number of hydrogen-bond donors (Lipinski definition) is 1.